The number of aryl methyl sites for hydroxylation is 2. The van der Waals surface area contributed by atoms with Crippen molar-refractivity contribution in [2.24, 2.45) is 0 Å². The van der Waals surface area contributed by atoms with Crippen molar-refractivity contribution in [2.45, 2.75) is 64.1 Å². The predicted octanol–water partition coefficient (Wildman–Crippen LogP) is 0.852. The van der Waals surface area contributed by atoms with Gasteiger partial charge in [0.2, 0.25) is 5.91 Å². The highest BCUT2D eigenvalue weighted by Gasteiger charge is 2.44. The average molecular weight is 349 g/mol. The second kappa shape index (κ2) is 6.53. The molecular formula is C18H27N3O4. The van der Waals surface area contributed by atoms with Gasteiger partial charge in [-0.1, -0.05) is 0 Å². The molecule has 2 aliphatic heterocycles. The molecule has 0 radical (unpaired) electrons. The molecule has 2 fully saturated rings. The van der Waals surface area contributed by atoms with E-state index in [4.69, 9.17) is 4.74 Å². The van der Waals surface area contributed by atoms with E-state index in [9.17, 15) is 14.7 Å². The highest BCUT2D eigenvalue weighted by molar-refractivity contribution is 5.79. The summed E-state index contributed by atoms with van der Waals surface area (Å²) in [4.78, 5) is 33.4. The number of piperidine rings is 1. The van der Waals surface area contributed by atoms with Gasteiger partial charge < -0.3 is 19.7 Å². The summed E-state index contributed by atoms with van der Waals surface area (Å²) in [6, 6.07) is 0. The lowest BCUT2D eigenvalue weighted by atomic mass is 9.78. The van der Waals surface area contributed by atoms with Crippen LogP contribution in [0.5, 0.6) is 0 Å². The summed E-state index contributed by atoms with van der Waals surface area (Å²) in [6.45, 7) is 7.08. The van der Waals surface area contributed by atoms with Crippen LogP contribution in [0.25, 0.3) is 0 Å². The molecule has 1 aromatic rings. The smallest absolute Gasteiger partial charge is 0.254 e. The molecule has 0 saturated carbocycles. The monoisotopic (exact) mass is 349 g/mol. The molecule has 1 unspecified atom stereocenters. The standard InChI is InChI=1S/C18H27N3O4/c1-12-14(16(23)20-13(2)19-12)10-15(22)21-7-4-18(5-8-21)11-17(3,24)6-9-25-18/h24H,4-11H2,1-3H3,(H,19,20,23). The third kappa shape index (κ3) is 3.93. The Morgan fingerprint density at radius 1 is 1.32 bits per heavy atom. The largest absolute Gasteiger partial charge is 0.390 e. The third-order valence-electron chi connectivity index (χ3n) is 5.45. The minimum absolute atomic E-state index is 0.0586. The van der Waals surface area contributed by atoms with E-state index in [0.29, 0.717) is 49.6 Å². The maximum Gasteiger partial charge on any atom is 0.254 e. The predicted molar refractivity (Wildman–Crippen MR) is 92.4 cm³/mol. The van der Waals surface area contributed by atoms with Crippen molar-refractivity contribution in [3.63, 3.8) is 0 Å². The van der Waals surface area contributed by atoms with Crippen molar-refractivity contribution >= 4 is 5.91 Å². The molecule has 0 aromatic carbocycles. The lowest BCUT2D eigenvalue weighted by Crippen LogP contribution is -2.54. The number of amides is 1. The van der Waals surface area contributed by atoms with E-state index in [1.54, 1.807) is 18.7 Å². The zero-order valence-corrected chi connectivity index (χ0v) is 15.2. The molecule has 3 heterocycles. The van der Waals surface area contributed by atoms with Crippen molar-refractivity contribution in [1.82, 2.24) is 14.9 Å². The number of carbonyl (C=O) groups is 1. The maximum absolute atomic E-state index is 12.6. The summed E-state index contributed by atoms with van der Waals surface area (Å²) in [5.41, 5.74) is -0.208. The third-order valence-corrected chi connectivity index (χ3v) is 5.45. The molecule has 2 N–H and O–H groups in total. The van der Waals surface area contributed by atoms with Gasteiger partial charge in [-0.2, -0.15) is 0 Å². The topological polar surface area (TPSA) is 95.5 Å². The van der Waals surface area contributed by atoms with Crippen LogP contribution in [0.2, 0.25) is 0 Å². The number of aromatic amines is 1. The molecule has 25 heavy (non-hydrogen) atoms. The molecular weight excluding hydrogens is 322 g/mol. The van der Waals surface area contributed by atoms with E-state index >= 15 is 0 Å². The minimum Gasteiger partial charge on any atom is -0.390 e. The molecule has 7 nitrogen and oxygen atoms in total. The van der Waals surface area contributed by atoms with Crippen LogP contribution >= 0.6 is 0 Å². The number of likely N-dealkylation sites (tertiary alicyclic amines) is 1. The number of hydrogen-bond acceptors (Lipinski definition) is 5. The van der Waals surface area contributed by atoms with Crippen LogP contribution in [0.1, 0.15) is 49.7 Å². The Labute approximate surface area is 147 Å². The number of aliphatic hydroxyl groups is 1. The van der Waals surface area contributed by atoms with Gasteiger partial charge in [-0.15, -0.1) is 0 Å². The van der Waals surface area contributed by atoms with Crippen molar-refractivity contribution in [2.75, 3.05) is 19.7 Å². The summed E-state index contributed by atoms with van der Waals surface area (Å²) in [5, 5.41) is 10.3. The first-order chi connectivity index (χ1) is 11.7. The zero-order valence-electron chi connectivity index (χ0n) is 15.2. The maximum atomic E-state index is 12.6. The van der Waals surface area contributed by atoms with Gasteiger partial charge in [-0.25, -0.2) is 4.98 Å². The van der Waals surface area contributed by atoms with Crippen LogP contribution in [-0.2, 0) is 16.0 Å². The summed E-state index contributed by atoms with van der Waals surface area (Å²) < 4.78 is 5.98. The molecule has 1 atom stereocenters. The number of aromatic nitrogens is 2. The van der Waals surface area contributed by atoms with Gasteiger partial charge in [-0.3, -0.25) is 9.59 Å². The van der Waals surface area contributed by atoms with Gasteiger partial charge in [0.15, 0.2) is 0 Å². The molecule has 1 aromatic heterocycles. The van der Waals surface area contributed by atoms with Gasteiger partial charge in [0.1, 0.15) is 5.82 Å². The molecule has 0 aliphatic carbocycles. The van der Waals surface area contributed by atoms with E-state index in [1.807, 2.05) is 6.92 Å². The van der Waals surface area contributed by atoms with Crippen LogP contribution in [0, 0.1) is 13.8 Å². The van der Waals surface area contributed by atoms with Gasteiger partial charge in [0.05, 0.1) is 24.2 Å². The molecule has 2 aliphatic rings. The van der Waals surface area contributed by atoms with E-state index in [-0.39, 0.29) is 23.5 Å². The molecule has 1 amide bonds. The first kappa shape index (κ1) is 18.1. The highest BCUT2D eigenvalue weighted by Crippen LogP contribution is 2.39. The van der Waals surface area contributed by atoms with Gasteiger partial charge >= 0.3 is 0 Å². The van der Waals surface area contributed by atoms with Crippen LogP contribution < -0.4 is 5.56 Å². The Morgan fingerprint density at radius 2 is 2.00 bits per heavy atom. The molecule has 0 bridgehead atoms. The van der Waals surface area contributed by atoms with Crippen LogP contribution in [0.4, 0.5) is 0 Å². The van der Waals surface area contributed by atoms with E-state index in [2.05, 4.69) is 9.97 Å². The molecule has 3 rings (SSSR count). The zero-order chi connectivity index (χ0) is 18.2. The van der Waals surface area contributed by atoms with E-state index in [1.165, 1.54) is 0 Å². The molecule has 138 valence electrons. The van der Waals surface area contributed by atoms with E-state index < -0.39 is 5.60 Å². The number of H-pyrrole nitrogens is 1. The van der Waals surface area contributed by atoms with Crippen molar-refractivity contribution in [3.05, 3.63) is 27.4 Å². The van der Waals surface area contributed by atoms with Crippen molar-refractivity contribution in [3.8, 4) is 0 Å². The van der Waals surface area contributed by atoms with Crippen molar-refractivity contribution < 1.29 is 14.6 Å². The fourth-order valence-electron chi connectivity index (χ4n) is 4.03. The Kier molecular flexibility index (Phi) is 4.72. The van der Waals surface area contributed by atoms with Gasteiger partial charge in [0.25, 0.3) is 5.56 Å². The number of carbonyl (C=O) groups excluding carboxylic acids is 1. The Bertz CT molecular complexity index is 718. The highest BCUT2D eigenvalue weighted by atomic mass is 16.5. The summed E-state index contributed by atoms with van der Waals surface area (Å²) >= 11 is 0. The van der Waals surface area contributed by atoms with Crippen LogP contribution in [0.3, 0.4) is 0 Å². The normalized spacial score (nSPS) is 26.0. The average Bonchev–Trinajstić information content (AvgIpc) is 2.50. The Hall–Kier alpha value is -1.73. The quantitative estimate of drug-likeness (QED) is 0.825. The van der Waals surface area contributed by atoms with E-state index in [0.717, 1.165) is 12.8 Å². The lowest BCUT2D eigenvalue weighted by molar-refractivity contribution is -0.175. The van der Waals surface area contributed by atoms with Crippen molar-refractivity contribution in [1.29, 1.82) is 0 Å². The Morgan fingerprint density at radius 3 is 2.60 bits per heavy atom. The fourth-order valence-corrected chi connectivity index (χ4v) is 4.03. The molecule has 1 spiro atoms. The van der Waals surface area contributed by atoms with Crippen LogP contribution in [0.15, 0.2) is 4.79 Å². The number of nitrogens with one attached hydrogen (secondary N) is 1. The SMILES string of the molecule is Cc1nc(C)c(CC(=O)N2CCC3(CC2)CC(C)(O)CCO3)c(=O)[nH]1. The fraction of sp³-hybridized carbons (Fsp3) is 0.722. The second-order valence-electron chi connectivity index (χ2n) is 7.73. The number of rotatable bonds is 2. The van der Waals surface area contributed by atoms with Gasteiger partial charge in [0, 0.05) is 30.8 Å². The van der Waals surface area contributed by atoms with Gasteiger partial charge in [-0.05, 0) is 40.0 Å². The number of nitrogens with zero attached hydrogens (tertiary/aromatic N) is 2. The molecule has 2 saturated heterocycles. The summed E-state index contributed by atoms with van der Waals surface area (Å²) in [7, 11) is 0. The number of ether oxygens (including phenoxy) is 1. The number of hydrogen-bond donors (Lipinski definition) is 2. The van der Waals surface area contributed by atoms with Crippen LogP contribution in [-0.4, -0.2) is 56.8 Å². The first-order valence-electron chi connectivity index (χ1n) is 8.90. The lowest BCUT2D eigenvalue weighted by Gasteiger charge is -2.48. The Balaban J connectivity index is 1.64. The second-order valence-corrected chi connectivity index (χ2v) is 7.73. The molecule has 7 heteroatoms. The first-order valence-corrected chi connectivity index (χ1v) is 8.90. The summed E-state index contributed by atoms with van der Waals surface area (Å²) in [6.07, 6.45) is 2.77. The minimum atomic E-state index is -0.692. The summed E-state index contributed by atoms with van der Waals surface area (Å²) in [5.74, 6) is 0.497.